The van der Waals surface area contributed by atoms with Gasteiger partial charge in [-0.15, -0.1) is 5.10 Å². The van der Waals surface area contributed by atoms with Crippen LogP contribution in [0.15, 0.2) is 9.95 Å². The number of nitriles is 1. The van der Waals surface area contributed by atoms with Crippen molar-refractivity contribution < 1.29 is 4.74 Å². The maximum Gasteiger partial charge on any atom is 0.343 e. The van der Waals surface area contributed by atoms with E-state index in [4.69, 9.17) is 10.00 Å². The third-order valence-corrected chi connectivity index (χ3v) is 2.56. The molecule has 7 heteroatoms. The molecule has 0 unspecified atom stereocenters. The standard InChI is InChI=1S/C8H12N4O2S/c1-14-5-2-4-12-7(13)10-11-8(12)15-6-3-9/h2,4-6H2,1H3,(H,10,13). The second-order valence-electron chi connectivity index (χ2n) is 2.76. The van der Waals surface area contributed by atoms with Gasteiger partial charge in [0.1, 0.15) is 0 Å². The molecule has 0 saturated heterocycles. The SMILES string of the molecule is COCCCn1c(SCC#N)n[nH]c1=O. The molecule has 0 fully saturated rings. The van der Waals surface area contributed by atoms with Gasteiger partial charge >= 0.3 is 5.69 Å². The lowest BCUT2D eigenvalue weighted by molar-refractivity contribution is 0.189. The lowest BCUT2D eigenvalue weighted by atomic mass is 10.4. The molecule has 1 N–H and O–H groups in total. The molecule has 0 aliphatic rings. The minimum Gasteiger partial charge on any atom is -0.385 e. The van der Waals surface area contributed by atoms with Crippen molar-refractivity contribution >= 4 is 11.8 Å². The van der Waals surface area contributed by atoms with Crippen LogP contribution in [0, 0.1) is 11.3 Å². The predicted octanol–water partition coefficient (Wildman–Crippen LogP) is 0.224. The minimum absolute atomic E-state index is 0.244. The molecule has 1 rings (SSSR count). The fraction of sp³-hybridized carbons (Fsp3) is 0.625. The van der Waals surface area contributed by atoms with Crippen LogP contribution in [0.2, 0.25) is 0 Å². The summed E-state index contributed by atoms with van der Waals surface area (Å²) in [5.41, 5.74) is -0.244. The zero-order valence-electron chi connectivity index (χ0n) is 8.39. The van der Waals surface area contributed by atoms with E-state index in [1.165, 1.54) is 16.3 Å². The van der Waals surface area contributed by atoms with Gasteiger partial charge in [-0.3, -0.25) is 4.57 Å². The van der Waals surface area contributed by atoms with Gasteiger partial charge in [0.15, 0.2) is 5.16 Å². The van der Waals surface area contributed by atoms with Crippen LogP contribution in [-0.2, 0) is 11.3 Å². The van der Waals surface area contributed by atoms with E-state index in [1.54, 1.807) is 7.11 Å². The number of aromatic nitrogens is 3. The van der Waals surface area contributed by atoms with Crippen molar-refractivity contribution in [3.63, 3.8) is 0 Å². The van der Waals surface area contributed by atoms with Crippen molar-refractivity contribution in [3.05, 3.63) is 10.5 Å². The molecule has 0 bridgehead atoms. The number of hydrogen-bond acceptors (Lipinski definition) is 5. The van der Waals surface area contributed by atoms with Gasteiger partial charge in [-0.25, -0.2) is 9.89 Å². The minimum atomic E-state index is -0.244. The second kappa shape index (κ2) is 6.27. The summed E-state index contributed by atoms with van der Waals surface area (Å²) in [5, 5.41) is 15.2. The van der Waals surface area contributed by atoms with E-state index in [-0.39, 0.29) is 11.4 Å². The highest BCUT2D eigenvalue weighted by atomic mass is 32.2. The Morgan fingerprint density at radius 2 is 2.53 bits per heavy atom. The van der Waals surface area contributed by atoms with Gasteiger partial charge in [-0.1, -0.05) is 11.8 Å². The number of rotatable bonds is 6. The van der Waals surface area contributed by atoms with Crippen LogP contribution in [0.3, 0.4) is 0 Å². The van der Waals surface area contributed by atoms with Gasteiger partial charge in [0.05, 0.1) is 11.8 Å². The van der Waals surface area contributed by atoms with Crippen LogP contribution >= 0.6 is 11.8 Å². The van der Waals surface area contributed by atoms with Crippen LogP contribution in [0.5, 0.6) is 0 Å². The molecule has 0 aliphatic carbocycles. The molecule has 1 heterocycles. The maximum atomic E-state index is 11.3. The molecule has 0 aliphatic heterocycles. The van der Waals surface area contributed by atoms with E-state index >= 15 is 0 Å². The van der Waals surface area contributed by atoms with Crippen molar-refractivity contribution in [2.75, 3.05) is 19.5 Å². The van der Waals surface area contributed by atoms with E-state index in [9.17, 15) is 4.79 Å². The fourth-order valence-corrected chi connectivity index (χ4v) is 1.71. The van der Waals surface area contributed by atoms with Crippen LogP contribution in [0.25, 0.3) is 0 Å². The molecule has 6 nitrogen and oxygen atoms in total. The molecule has 0 atom stereocenters. The van der Waals surface area contributed by atoms with Gasteiger partial charge < -0.3 is 4.74 Å². The summed E-state index contributed by atoms with van der Waals surface area (Å²) in [6.07, 6.45) is 0.746. The fourth-order valence-electron chi connectivity index (χ4n) is 1.07. The molecule has 1 aromatic heterocycles. The van der Waals surface area contributed by atoms with Crippen molar-refractivity contribution in [3.8, 4) is 6.07 Å². The summed E-state index contributed by atoms with van der Waals surface area (Å²) < 4.78 is 6.41. The zero-order valence-corrected chi connectivity index (χ0v) is 9.21. The Labute approximate surface area is 91.2 Å². The average Bonchev–Trinajstić information content (AvgIpc) is 2.58. The normalized spacial score (nSPS) is 10.1. The third kappa shape index (κ3) is 3.42. The topological polar surface area (TPSA) is 83.7 Å². The summed E-state index contributed by atoms with van der Waals surface area (Å²) in [7, 11) is 1.61. The first kappa shape index (κ1) is 11.8. The van der Waals surface area contributed by atoms with Crippen LogP contribution < -0.4 is 5.69 Å². The van der Waals surface area contributed by atoms with E-state index in [0.717, 1.165) is 6.42 Å². The van der Waals surface area contributed by atoms with Crippen LogP contribution in [0.4, 0.5) is 0 Å². The number of nitrogens with one attached hydrogen (secondary N) is 1. The molecular formula is C8H12N4O2S. The molecule has 1 aromatic rings. The van der Waals surface area contributed by atoms with Crippen molar-refractivity contribution in [1.82, 2.24) is 14.8 Å². The van der Waals surface area contributed by atoms with Crippen molar-refractivity contribution in [2.45, 2.75) is 18.1 Å². The maximum absolute atomic E-state index is 11.3. The molecule has 0 aromatic carbocycles. The molecule has 0 radical (unpaired) electrons. The summed E-state index contributed by atoms with van der Waals surface area (Å²) in [4.78, 5) is 11.3. The molecule has 15 heavy (non-hydrogen) atoms. The summed E-state index contributed by atoms with van der Waals surface area (Å²) >= 11 is 1.24. The van der Waals surface area contributed by atoms with E-state index in [2.05, 4.69) is 10.2 Å². The zero-order chi connectivity index (χ0) is 11.1. The lowest BCUT2D eigenvalue weighted by Gasteiger charge is -2.02. The molecule has 0 saturated carbocycles. The largest absolute Gasteiger partial charge is 0.385 e. The smallest absolute Gasteiger partial charge is 0.343 e. The Hall–Kier alpha value is -1.26. The highest BCUT2D eigenvalue weighted by Crippen LogP contribution is 2.11. The highest BCUT2D eigenvalue weighted by Gasteiger charge is 2.07. The number of H-pyrrole nitrogens is 1. The molecule has 0 amide bonds. The Kier molecular flexibility index (Phi) is 4.93. The Bertz CT molecular complexity index is 392. The first-order valence-electron chi connectivity index (χ1n) is 4.43. The van der Waals surface area contributed by atoms with Crippen LogP contribution in [0.1, 0.15) is 6.42 Å². The third-order valence-electron chi connectivity index (χ3n) is 1.72. The summed E-state index contributed by atoms with van der Waals surface area (Å²) in [6, 6.07) is 1.99. The Morgan fingerprint density at radius 1 is 1.73 bits per heavy atom. The quantitative estimate of drug-likeness (QED) is 0.556. The number of hydrogen-bond donors (Lipinski definition) is 1. The first-order valence-corrected chi connectivity index (χ1v) is 5.42. The molecule has 82 valence electrons. The molecular weight excluding hydrogens is 216 g/mol. The highest BCUT2D eigenvalue weighted by molar-refractivity contribution is 7.99. The van der Waals surface area contributed by atoms with E-state index in [0.29, 0.717) is 18.3 Å². The van der Waals surface area contributed by atoms with Gasteiger partial charge in [0.2, 0.25) is 0 Å². The lowest BCUT2D eigenvalue weighted by Crippen LogP contribution is -2.18. The van der Waals surface area contributed by atoms with Gasteiger partial charge in [-0.05, 0) is 6.42 Å². The van der Waals surface area contributed by atoms with Crippen LogP contribution in [-0.4, -0.2) is 34.2 Å². The number of ether oxygens (including phenoxy) is 1. The monoisotopic (exact) mass is 228 g/mol. The number of aromatic amines is 1. The number of thioether (sulfide) groups is 1. The first-order chi connectivity index (χ1) is 7.29. The van der Waals surface area contributed by atoms with E-state index in [1.807, 2.05) is 6.07 Å². The van der Waals surface area contributed by atoms with Crippen molar-refractivity contribution in [2.24, 2.45) is 0 Å². The summed E-state index contributed by atoms with van der Waals surface area (Å²) in [5.74, 6) is 0.286. The summed E-state index contributed by atoms with van der Waals surface area (Å²) in [6.45, 7) is 1.15. The van der Waals surface area contributed by atoms with Crippen molar-refractivity contribution in [1.29, 1.82) is 5.26 Å². The van der Waals surface area contributed by atoms with Gasteiger partial charge in [0.25, 0.3) is 0 Å². The average molecular weight is 228 g/mol. The Balaban J connectivity index is 2.63. The van der Waals surface area contributed by atoms with E-state index < -0.39 is 0 Å². The van der Waals surface area contributed by atoms with Gasteiger partial charge in [-0.2, -0.15) is 5.26 Å². The van der Waals surface area contributed by atoms with Gasteiger partial charge in [0, 0.05) is 20.3 Å². The predicted molar refractivity (Wildman–Crippen MR) is 55.7 cm³/mol. The number of nitrogens with zero attached hydrogens (tertiary/aromatic N) is 3. The molecule has 0 spiro atoms. The number of methoxy groups -OCH3 is 1. The second-order valence-corrected chi connectivity index (χ2v) is 3.70. The Morgan fingerprint density at radius 3 is 3.20 bits per heavy atom.